The van der Waals surface area contributed by atoms with Crippen LogP contribution in [0.15, 0.2) is 72.9 Å². The second kappa shape index (κ2) is 10.4. The second-order valence-electron chi connectivity index (χ2n) is 8.62. The number of hydrogen-bond donors (Lipinski definition) is 2. The van der Waals surface area contributed by atoms with Crippen LogP contribution in [0.2, 0.25) is 0 Å². The molecule has 2 N–H and O–H groups in total. The van der Waals surface area contributed by atoms with Gasteiger partial charge >= 0.3 is 6.03 Å². The molecule has 1 aliphatic carbocycles. The van der Waals surface area contributed by atoms with Gasteiger partial charge < -0.3 is 15.4 Å². The minimum atomic E-state index is -0.187. The Morgan fingerprint density at radius 2 is 1.78 bits per heavy atom. The Kier molecular flexibility index (Phi) is 7.17. The van der Waals surface area contributed by atoms with Crippen LogP contribution < -0.4 is 10.6 Å². The van der Waals surface area contributed by atoms with E-state index in [9.17, 15) is 4.79 Å². The summed E-state index contributed by atoms with van der Waals surface area (Å²) in [6, 6.07) is 22.3. The van der Waals surface area contributed by atoms with Crippen molar-refractivity contribution in [1.29, 1.82) is 0 Å². The van der Waals surface area contributed by atoms with E-state index < -0.39 is 0 Å². The van der Waals surface area contributed by atoms with Crippen molar-refractivity contribution in [1.82, 2.24) is 10.3 Å². The van der Waals surface area contributed by atoms with Gasteiger partial charge in [-0.25, -0.2) is 4.79 Å². The largest absolute Gasteiger partial charge is 0.385 e. The van der Waals surface area contributed by atoms with Crippen molar-refractivity contribution < 1.29 is 9.53 Å². The molecule has 1 aromatic heterocycles. The van der Waals surface area contributed by atoms with Crippen molar-refractivity contribution in [2.24, 2.45) is 5.92 Å². The van der Waals surface area contributed by atoms with Crippen molar-refractivity contribution in [2.75, 3.05) is 19.0 Å². The highest BCUT2D eigenvalue weighted by atomic mass is 16.5. The average molecular weight is 430 g/mol. The third kappa shape index (κ3) is 5.35. The molecule has 0 unspecified atom stereocenters. The van der Waals surface area contributed by atoms with Crippen LogP contribution in [0.25, 0.3) is 11.3 Å². The molecule has 5 nitrogen and oxygen atoms in total. The number of pyridine rings is 1. The lowest BCUT2D eigenvalue weighted by Crippen LogP contribution is -2.39. The zero-order valence-electron chi connectivity index (χ0n) is 18.8. The van der Waals surface area contributed by atoms with E-state index in [0.29, 0.717) is 11.8 Å². The fraction of sp³-hybridized carbons (Fsp3) is 0.333. The van der Waals surface area contributed by atoms with Crippen LogP contribution >= 0.6 is 0 Å². The maximum atomic E-state index is 13.1. The van der Waals surface area contributed by atoms with Crippen molar-refractivity contribution >= 4 is 11.7 Å². The molecule has 32 heavy (non-hydrogen) atoms. The molecular weight excluding hydrogens is 398 g/mol. The van der Waals surface area contributed by atoms with Crippen molar-refractivity contribution in [3.63, 3.8) is 0 Å². The van der Waals surface area contributed by atoms with E-state index in [1.807, 2.05) is 55.6 Å². The molecule has 1 aliphatic rings. The Hall–Kier alpha value is -3.18. The summed E-state index contributed by atoms with van der Waals surface area (Å²) >= 11 is 0. The van der Waals surface area contributed by atoms with Crippen molar-refractivity contribution in [3.05, 3.63) is 84.1 Å². The molecule has 3 atom stereocenters. The highest BCUT2D eigenvalue weighted by Crippen LogP contribution is 2.40. The summed E-state index contributed by atoms with van der Waals surface area (Å²) in [5.74, 6) is 0.832. The van der Waals surface area contributed by atoms with Gasteiger partial charge in [-0.3, -0.25) is 4.98 Å². The summed E-state index contributed by atoms with van der Waals surface area (Å²) in [7, 11) is 1.74. The lowest BCUT2D eigenvalue weighted by Gasteiger charge is -2.22. The first-order valence-electron chi connectivity index (χ1n) is 11.3. The number of aryl methyl sites for hydroxylation is 1. The van der Waals surface area contributed by atoms with Gasteiger partial charge in [-0.1, -0.05) is 60.7 Å². The number of benzene rings is 2. The lowest BCUT2D eigenvalue weighted by atomic mass is 9.93. The molecule has 1 saturated carbocycles. The monoisotopic (exact) mass is 429 g/mol. The lowest BCUT2D eigenvalue weighted by molar-refractivity contribution is 0.177. The van der Waals surface area contributed by atoms with E-state index in [4.69, 9.17) is 4.74 Å². The van der Waals surface area contributed by atoms with Crippen molar-refractivity contribution in [3.8, 4) is 11.3 Å². The highest BCUT2D eigenvalue weighted by Gasteiger charge is 2.36. The summed E-state index contributed by atoms with van der Waals surface area (Å²) in [5.41, 5.74) is 4.75. The fourth-order valence-electron chi connectivity index (χ4n) is 4.71. The normalized spacial score (nSPS) is 20.1. The molecule has 0 bridgehead atoms. The predicted molar refractivity (Wildman–Crippen MR) is 129 cm³/mol. The van der Waals surface area contributed by atoms with E-state index in [0.717, 1.165) is 48.4 Å². The number of nitrogens with one attached hydrogen (secondary N) is 2. The van der Waals surface area contributed by atoms with Gasteiger partial charge in [0.05, 0.1) is 11.4 Å². The number of amides is 2. The SMILES string of the molecule is COCC[C@@H]1C[C@@H](NC(=O)Nc2cc(C)cnc2-c2ccccc2)[C@H](c2ccccc2)C1. The first-order valence-corrected chi connectivity index (χ1v) is 11.3. The molecule has 0 saturated heterocycles. The van der Waals surface area contributed by atoms with E-state index >= 15 is 0 Å². The first kappa shape index (κ1) is 22.0. The minimum Gasteiger partial charge on any atom is -0.385 e. The number of nitrogens with zero attached hydrogens (tertiary/aromatic N) is 1. The fourth-order valence-corrected chi connectivity index (χ4v) is 4.71. The molecule has 4 rings (SSSR count). The molecule has 1 fully saturated rings. The first-order chi connectivity index (χ1) is 15.6. The number of methoxy groups -OCH3 is 1. The van der Waals surface area contributed by atoms with E-state index in [1.165, 1.54) is 5.56 Å². The summed E-state index contributed by atoms with van der Waals surface area (Å²) in [6.45, 7) is 2.73. The summed E-state index contributed by atoms with van der Waals surface area (Å²) in [6.07, 6.45) is 4.85. The molecule has 2 amide bonds. The Labute approximate surface area is 190 Å². The Bertz CT molecular complexity index is 1020. The van der Waals surface area contributed by atoms with E-state index in [1.54, 1.807) is 7.11 Å². The number of rotatable bonds is 7. The van der Waals surface area contributed by atoms with Gasteiger partial charge in [0.2, 0.25) is 0 Å². The quantitative estimate of drug-likeness (QED) is 0.501. The number of aromatic nitrogens is 1. The van der Waals surface area contributed by atoms with Crippen LogP contribution in [0.1, 0.15) is 36.3 Å². The standard InChI is InChI=1S/C27H31N3O2/c1-19-15-25(26(28-18-19)22-11-7-4-8-12-22)30-27(31)29-24-17-20(13-14-32-2)16-23(24)21-9-5-3-6-10-21/h3-12,15,18,20,23-24H,13-14,16-17H2,1-2H3,(H2,29,30,31)/t20-,23-,24+/m0/s1. The molecule has 1 heterocycles. The van der Waals surface area contributed by atoms with Crippen LogP contribution in [0.5, 0.6) is 0 Å². The maximum Gasteiger partial charge on any atom is 0.319 e. The number of carbonyl (C=O) groups is 1. The van der Waals surface area contributed by atoms with E-state index in [2.05, 4.69) is 39.9 Å². The zero-order chi connectivity index (χ0) is 22.3. The summed E-state index contributed by atoms with van der Waals surface area (Å²) in [5, 5.41) is 6.33. The average Bonchev–Trinajstić information content (AvgIpc) is 3.21. The summed E-state index contributed by atoms with van der Waals surface area (Å²) < 4.78 is 5.30. The number of anilines is 1. The van der Waals surface area contributed by atoms with Crippen LogP contribution in [0.4, 0.5) is 10.5 Å². The van der Waals surface area contributed by atoms with Gasteiger partial charge in [-0.05, 0) is 49.3 Å². The number of carbonyl (C=O) groups excluding carboxylic acids is 1. The molecule has 5 heteroatoms. The molecule has 2 aromatic carbocycles. The molecule has 0 spiro atoms. The third-order valence-corrected chi connectivity index (χ3v) is 6.25. The van der Waals surface area contributed by atoms with Gasteiger partial charge in [-0.2, -0.15) is 0 Å². The number of hydrogen-bond acceptors (Lipinski definition) is 3. The molecule has 3 aromatic rings. The zero-order valence-corrected chi connectivity index (χ0v) is 18.8. The topological polar surface area (TPSA) is 63.2 Å². The molecule has 0 radical (unpaired) electrons. The minimum absolute atomic E-state index is 0.0807. The van der Waals surface area contributed by atoms with Gasteiger partial charge in [0.15, 0.2) is 0 Å². The molecule has 166 valence electrons. The van der Waals surface area contributed by atoms with Crippen molar-refractivity contribution in [2.45, 2.75) is 38.1 Å². The Balaban J connectivity index is 1.51. The van der Waals surface area contributed by atoms with Gasteiger partial charge in [0.1, 0.15) is 0 Å². The Morgan fingerprint density at radius 1 is 1.06 bits per heavy atom. The van der Waals surface area contributed by atoms with Crippen LogP contribution in [0.3, 0.4) is 0 Å². The number of ether oxygens (including phenoxy) is 1. The predicted octanol–water partition coefficient (Wildman–Crippen LogP) is 5.78. The van der Waals surface area contributed by atoms with Crippen LogP contribution in [-0.4, -0.2) is 30.8 Å². The second-order valence-corrected chi connectivity index (χ2v) is 8.62. The van der Waals surface area contributed by atoms with Crippen LogP contribution in [0, 0.1) is 12.8 Å². The molecule has 0 aliphatic heterocycles. The third-order valence-electron chi connectivity index (χ3n) is 6.25. The number of urea groups is 1. The van der Waals surface area contributed by atoms with Gasteiger partial charge in [0, 0.05) is 37.4 Å². The highest BCUT2D eigenvalue weighted by molar-refractivity contribution is 5.93. The van der Waals surface area contributed by atoms with Gasteiger partial charge in [0.25, 0.3) is 0 Å². The van der Waals surface area contributed by atoms with E-state index in [-0.39, 0.29) is 12.1 Å². The summed E-state index contributed by atoms with van der Waals surface area (Å²) in [4.78, 5) is 17.7. The Morgan fingerprint density at radius 3 is 2.50 bits per heavy atom. The van der Waals surface area contributed by atoms with Gasteiger partial charge in [-0.15, -0.1) is 0 Å². The smallest absolute Gasteiger partial charge is 0.319 e. The van der Waals surface area contributed by atoms with Crippen LogP contribution in [-0.2, 0) is 4.74 Å². The molecular formula is C27H31N3O2. The maximum absolute atomic E-state index is 13.1.